The van der Waals surface area contributed by atoms with E-state index in [4.69, 9.17) is 10.1 Å². The van der Waals surface area contributed by atoms with Crippen molar-refractivity contribution in [3.63, 3.8) is 0 Å². The summed E-state index contributed by atoms with van der Waals surface area (Å²) in [5.74, 6) is 0.717. The van der Waals surface area contributed by atoms with Gasteiger partial charge in [0.05, 0.1) is 10.5 Å². The first-order chi connectivity index (χ1) is 17.5. The van der Waals surface area contributed by atoms with Crippen LogP contribution in [-0.4, -0.2) is 58.4 Å². The summed E-state index contributed by atoms with van der Waals surface area (Å²) >= 11 is 0. The van der Waals surface area contributed by atoms with Crippen LogP contribution in [0.3, 0.4) is 0 Å². The van der Waals surface area contributed by atoms with Crippen LogP contribution in [0.1, 0.15) is 58.3 Å². The van der Waals surface area contributed by atoms with Gasteiger partial charge in [-0.3, -0.25) is 4.79 Å². The normalized spacial score (nSPS) is 18.4. The van der Waals surface area contributed by atoms with Crippen LogP contribution < -0.4 is 9.62 Å². The summed E-state index contributed by atoms with van der Waals surface area (Å²) < 4.78 is 29.9. The monoisotopic (exact) mass is 557 g/mol. The maximum atomic E-state index is 13.4. The van der Waals surface area contributed by atoms with Crippen molar-refractivity contribution in [2.24, 2.45) is 5.92 Å². The number of sulfonamides is 1. The minimum Gasteiger partial charge on any atom is -0.350 e. The molecule has 0 spiro atoms. The van der Waals surface area contributed by atoms with Crippen molar-refractivity contribution in [1.29, 1.82) is 0 Å². The number of anilines is 1. The summed E-state index contributed by atoms with van der Waals surface area (Å²) in [5, 5.41) is 5.91. The third-order valence-electron chi connectivity index (χ3n) is 7.57. The summed E-state index contributed by atoms with van der Waals surface area (Å²) in [6.45, 7) is 13.8. The van der Waals surface area contributed by atoms with Gasteiger partial charge in [0.2, 0.25) is 0 Å². The number of aromatic nitrogens is 3. The van der Waals surface area contributed by atoms with Crippen molar-refractivity contribution in [1.82, 2.24) is 19.5 Å². The zero-order chi connectivity index (χ0) is 28.1. The van der Waals surface area contributed by atoms with E-state index in [0.717, 1.165) is 11.4 Å². The molecule has 4 rings (SSSR count). The lowest BCUT2D eigenvalue weighted by Crippen LogP contribution is -2.41. The molecule has 1 aliphatic rings. The number of benzene rings is 1. The molecule has 1 aliphatic heterocycles. The molecule has 1 fully saturated rings. The van der Waals surface area contributed by atoms with Gasteiger partial charge in [-0.1, -0.05) is 45.9 Å². The van der Waals surface area contributed by atoms with Crippen LogP contribution in [0.2, 0.25) is 0 Å². The molecular weight excluding hydrogens is 518 g/mol. The molecule has 3 heterocycles. The van der Waals surface area contributed by atoms with Gasteiger partial charge in [-0.2, -0.15) is 15.1 Å². The molecule has 0 aliphatic carbocycles. The highest BCUT2D eigenvalue weighted by atomic mass is 32.3. The van der Waals surface area contributed by atoms with Crippen molar-refractivity contribution in [2.75, 3.05) is 24.0 Å². The van der Waals surface area contributed by atoms with Crippen molar-refractivity contribution >= 4 is 31.8 Å². The van der Waals surface area contributed by atoms with E-state index in [9.17, 15) is 13.2 Å². The molecule has 3 aromatic rings. The fourth-order valence-electron chi connectivity index (χ4n) is 4.76. The lowest BCUT2D eigenvalue weighted by atomic mass is 9.97. The van der Waals surface area contributed by atoms with Crippen molar-refractivity contribution in [3.05, 3.63) is 60.3 Å². The molecule has 38 heavy (non-hydrogen) atoms. The smallest absolute Gasteiger partial charge is 0.268 e. The van der Waals surface area contributed by atoms with Crippen LogP contribution in [0.25, 0.3) is 5.82 Å². The van der Waals surface area contributed by atoms with E-state index in [2.05, 4.69) is 63.7 Å². The van der Waals surface area contributed by atoms with Crippen LogP contribution in [-0.2, 0) is 10.0 Å². The zero-order valence-electron chi connectivity index (χ0n) is 23.5. The standard InChI is InChI=1S/C28H39N5O3S2/c1-20-18-28(5,6)32(19-20)25-22(26(34)31-38(35,36)21-12-10-9-11-13-21)14-15-23(29-25)33-17-16-24(30-33)37(7,8)27(2,3)4/h9-17,20H,18-19H2,1-8H3,(H,31,34)/t20-/m0/s1. The van der Waals surface area contributed by atoms with E-state index in [1.807, 2.05) is 12.3 Å². The summed E-state index contributed by atoms with van der Waals surface area (Å²) in [6, 6.07) is 13.3. The zero-order valence-corrected chi connectivity index (χ0v) is 25.2. The van der Waals surface area contributed by atoms with Gasteiger partial charge in [-0.25, -0.2) is 22.8 Å². The molecule has 10 heteroatoms. The highest BCUT2D eigenvalue weighted by molar-refractivity contribution is 8.33. The van der Waals surface area contributed by atoms with Gasteiger partial charge in [0.15, 0.2) is 5.82 Å². The van der Waals surface area contributed by atoms with Gasteiger partial charge in [0.25, 0.3) is 15.9 Å². The molecule has 0 unspecified atom stereocenters. The quantitative estimate of drug-likeness (QED) is 0.446. The molecule has 1 atom stereocenters. The Bertz CT molecular complexity index is 1440. The predicted octanol–water partition coefficient (Wildman–Crippen LogP) is 5.23. The molecule has 2 aromatic heterocycles. The third-order valence-corrected chi connectivity index (χ3v) is 13.2. The van der Waals surface area contributed by atoms with Crippen LogP contribution in [0.4, 0.5) is 5.82 Å². The topological polar surface area (TPSA) is 97.2 Å². The fourth-order valence-corrected chi connectivity index (χ4v) is 7.07. The van der Waals surface area contributed by atoms with Crippen molar-refractivity contribution in [2.45, 2.75) is 68.2 Å². The maximum Gasteiger partial charge on any atom is 0.268 e. The average molecular weight is 558 g/mol. The second-order valence-electron chi connectivity index (χ2n) is 12.1. The average Bonchev–Trinajstić information content (AvgIpc) is 3.42. The van der Waals surface area contributed by atoms with Crippen LogP contribution >= 0.6 is 10.0 Å². The SMILES string of the molecule is C[C@@H]1CN(c2nc(-n3ccc(S(C)(C)C(C)(C)C)n3)ccc2C(=O)NS(=O)(=O)c2ccccc2)C(C)(C)C1. The third kappa shape index (κ3) is 5.33. The van der Waals surface area contributed by atoms with E-state index < -0.39 is 26.0 Å². The van der Waals surface area contributed by atoms with Crippen molar-refractivity contribution < 1.29 is 13.2 Å². The molecule has 1 aromatic carbocycles. The number of hydrogen-bond acceptors (Lipinski definition) is 6. The first kappa shape index (κ1) is 28.2. The Morgan fingerprint density at radius 2 is 1.71 bits per heavy atom. The summed E-state index contributed by atoms with van der Waals surface area (Å²) in [7, 11) is -5.22. The second kappa shape index (κ2) is 9.72. The first-order valence-corrected chi connectivity index (χ1v) is 16.7. The van der Waals surface area contributed by atoms with E-state index in [0.29, 0.717) is 24.1 Å². The molecule has 0 saturated carbocycles. The first-order valence-electron chi connectivity index (χ1n) is 12.7. The van der Waals surface area contributed by atoms with E-state index in [-0.39, 0.29) is 20.7 Å². The van der Waals surface area contributed by atoms with Gasteiger partial charge in [-0.15, -0.1) is 0 Å². The molecule has 1 amide bonds. The second-order valence-corrected chi connectivity index (χ2v) is 18.0. The Morgan fingerprint density at radius 1 is 1.05 bits per heavy atom. The van der Waals surface area contributed by atoms with E-state index in [1.54, 1.807) is 35.0 Å². The lowest BCUT2D eigenvalue weighted by molar-refractivity contribution is 0.0981. The Labute approximate surface area is 228 Å². The summed E-state index contributed by atoms with van der Waals surface area (Å²) in [4.78, 5) is 20.5. The summed E-state index contributed by atoms with van der Waals surface area (Å²) in [5.41, 5.74) is -0.0464. The number of carbonyl (C=O) groups excluding carboxylic acids is 1. The highest BCUT2D eigenvalue weighted by Gasteiger charge is 2.39. The molecule has 8 nitrogen and oxygen atoms in total. The molecule has 0 radical (unpaired) electrons. The molecule has 1 N–H and O–H groups in total. The van der Waals surface area contributed by atoms with Gasteiger partial charge in [-0.05, 0) is 73.8 Å². The van der Waals surface area contributed by atoms with Crippen molar-refractivity contribution in [3.8, 4) is 5.82 Å². The molecule has 206 valence electrons. The van der Waals surface area contributed by atoms with E-state index >= 15 is 0 Å². The van der Waals surface area contributed by atoms with Gasteiger partial charge in [0, 0.05) is 18.3 Å². The minimum atomic E-state index is -4.04. The molecule has 1 saturated heterocycles. The summed E-state index contributed by atoms with van der Waals surface area (Å²) in [6.07, 6.45) is 7.34. The predicted molar refractivity (Wildman–Crippen MR) is 155 cm³/mol. The number of pyridine rings is 1. The van der Waals surface area contributed by atoms with E-state index in [1.165, 1.54) is 12.1 Å². The van der Waals surface area contributed by atoms with Crippen LogP contribution in [0, 0.1) is 5.92 Å². The van der Waals surface area contributed by atoms with Gasteiger partial charge in [0.1, 0.15) is 10.8 Å². The number of carbonyl (C=O) groups is 1. The van der Waals surface area contributed by atoms with Crippen LogP contribution in [0.15, 0.2) is 64.6 Å². The highest BCUT2D eigenvalue weighted by Crippen LogP contribution is 2.58. The largest absolute Gasteiger partial charge is 0.350 e. The Kier molecular flexibility index (Phi) is 7.20. The number of hydrogen-bond donors (Lipinski definition) is 1. The van der Waals surface area contributed by atoms with Gasteiger partial charge >= 0.3 is 0 Å². The number of amides is 1. The maximum absolute atomic E-state index is 13.4. The van der Waals surface area contributed by atoms with Crippen LogP contribution in [0.5, 0.6) is 0 Å². The Balaban J connectivity index is 1.77. The number of nitrogens with one attached hydrogen (secondary N) is 1. The van der Waals surface area contributed by atoms with Gasteiger partial charge < -0.3 is 4.90 Å². The molecular formula is C28H39N5O3S2. The Morgan fingerprint density at radius 3 is 2.29 bits per heavy atom. The Hall–Kier alpha value is -2.85. The number of nitrogens with zero attached hydrogens (tertiary/aromatic N) is 4. The lowest BCUT2D eigenvalue weighted by Gasteiger charge is -2.42. The fraction of sp³-hybridized carbons (Fsp3) is 0.464. The number of rotatable bonds is 6. The molecule has 0 bridgehead atoms. The minimum absolute atomic E-state index is 0.0302.